The molecule has 2 aromatic carbocycles. The van der Waals surface area contributed by atoms with E-state index < -0.39 is 0 Å². The summed E-state index contributed by atoms with van der Waals surface area (Å²) in [5.74, 6) is 0.583. The van der Waals surface area contributed by atoms with Crippen molar-refractivity contribution in [1.82, 2.24) is 19.9 Å². The summed E-state index contributed by atoms with van der Waals surface area (Å²) in [6.45, 7) is 2.71. The lowest BCUT2D eigenvalue weighted by Crippen LogP contribution is -2.30. The highest BCUT2D eigenvalue weighted by Gasteiger charge is 2.19. The second kappa shape index (κ2) is 8.27. The topological polar surface area (TPSA) is 108 Å². The van der Waals surface area contributed by atoms with Crippen molar-refractivity contribution < 1.29 is 9.90 Å². The van der Waals surface area contributed by atoms with Gasteiger partial charge in [-0.25, -0.2) is 9.97 Å². The van der Waals surface area contributed by atoms with E-state index in [0.717, 1.165) is 38.6 Å². The predicted octanol–water partition coefficient (Wildman–Crippen LogP) is 4.55. The Balaban J connectivity index is 1.53. The number of nitrogens with two attached hydrogens (primary N) is 1. The molecule has 164 valence electrons. The summed E-state index contributed by atoms with van der Waals surface area (Å²) in [4.78, 5) is 27.4. The van der Waals surface area contributed by atoms with Crippen molar-refractivity contribution in [3.63, 3.8) is 0 Å². The molecule has 33 heavy (non-hydrogen) atoms. The zero-order valence-electron chi connectivity index (χ0n) is 18.1. The molecule has 0 saturated heterocycles. The number of nitrogens with zero attached hydrogens (tertiary/aromatic N) is 3. The van der Waals surface area contributed by atoms with Crippen LogP contribution in [0.2, 0.25) is 0 Å². The number of phenolic OH excluding ortho intramolecular Hbond substituents is 1. The van der Waals surface area contributed by atoms with E-state index in [1.54, 1.807) is 29.3 Å². The van der Waals surface area contributed by atoms with Gasteiger partial charge < -0.3 is 20.7 Å². The Labute approximate surface area is 190 Å². The maximum Gasteiger partial charge on any atom is 0.254 e. The summed E-state index contributed by atoms with van der Waals surface area (Å²) in [5.41, 5.74) is 10.9. The van der Waals surface area contributed by atoms with Crippen molar-refractivity contribution in [2.75, 3.05) is 5.73 Å². The van der Waals surface area contributed by atoms with Gasteiger partial charge in [-0.05, 0) is 72.1 Å². The number of amides is 1. The number of hydrogen-bond acceptors (Lipinski definition) is 5. The zero-order valence-corrected chi connectivity index (χ0v) is 18.1. The minimum absolute atomic E-state index is 0.0973. The highest BCUT2D eigenvalue weighted by molar-refractivity contribution is 5.98. The molecule has 0 aliphatic carbocycles. The SMILES string of the molecule is Cc1cc2cc(C(=O)N(Cc3ccc(O)cc3)Cc3ccnc4[nH]ccc34)ccc2nc1N. The van der Waals surface area contributed by atoms with Crippen molar-refractivity contribution in [3.05, 3.63) is 95.3 Å². The molecule has 0 saturated carbocycles. The van der Waals surface area contributed by atoms with Crippen LogP contribution in [0.15, 0.2) is 73.1 Å². The molecule has 5 aromatic rings. The predicted molar refractivity (Wildman–Crippen MR) is 129 cm³/mol. The molecule has 0 unspecified atom stereocenters. The number of pyridine rings is 2. The van der Waals surface area contributed by atoms with Crippen molar-refractivity contribution in [2.24, 2.45) is 0 Å². The van der Waals surface area contributed by atoms with Crippen LogP contribution in [0, 0.1) is 6.92 Å². The molecular formula is C26H23N5O2. The van der Waals surface area contributed by atoms with Crippen LogP contribution in [-0.2, 0) is 13.1 Å². The molecule has 3 aromatic heterocycles. The third kappa shape index (κ3) is 4.08. The molecule has 7 nitrogen and oxygen atoms in total. The van der Waals surface area contributed by atoms with E-state index in [4.69, 9.17) is 5.73 Å². The number of benzene rings is 2. The van der Waals surface area contributed by atoms with Crippen LogP contribution in [0.3, 0.4) is 0 Å². The molecule has 7 heteroatoms. The zero-order chi connectivity index (χ0) is 22.9. The number of aryl methyl sites for hydroxylation is 1. The molecule has 0 spiro atoms. The average molecular weight is 438 g/mol. The summed E-state index contributed by atoms with van der Waals surface area (Å²) in [5, 5.41) is 11.5. The minimum Gasteiger partial charge on any atom is -0.508 e. The first-order valence-electron chi connectivity index (χ1n) is 10.6. The van der Waals surface area contributed by atoms with E-state index in [9.17, 15) is 9.90 Å². The van der Waals surface area contributed by atoms with Crippen LogP contribution in [0.4, 0.5) is 5.82 Å². The first-order chi connectivity index (χ1) is 16.0. The first-order valence-corrected chi connectivity index (χ1v) is 10.6. The van der Waals surface area contributed by atoms with Gasteiger partial charge in [-0.3, -0.25) is 4.79 Å². The van der Waals surface area contributed by atoms with E-state index in [2.05, 4.69) is 15.0 Å². The molecule has 0 bridgehead atoms. The van der Waals surface area contributed by atoms with Gasteiger partial charge in [-0.2, -0.15) is 0 Å². The van der Waals surface area contributed by atoms with Gasteiger partial charge in [0.25, 0.3) is 5.91 Å². The molecule has 0 aliphatic heterocycles. The highest BCUT2D eigenvalue weighted by atomic mass is 16.3. The van der Waals surface area contributed by atoms with Crippen molar-refractivity contribution in [1.29, 1.82) is 0 Å². The molecule has 0 atom stereocenters. The average Bonchev–Trinajstić information content (AvgIpc) is 3.30. The number of H-pyrrole nitrogens is 1. The van der Waals surface area contributed by atoms with Gasteiger partial charge in [0, 0.05) is 41.8 Å². The summed E-state index contributed by atoms with van der Waals surface area (Å²) < 4.78 is 0. The first kappa shape index (κ1) is 20.5. The highest BCUT2D eigenvalue weighted by Crippen LogP contribution is 2.23. The van der Waals surface area contributed by atoms with Crippen LogP contribution >= 0.6 is 0 Å². The number of anilines is 1. The Kier molecular flexibility index (Phi) is 5.14. The maximum absolute atomic E-state index is 13.7. The summed E-state index contributed by atoms with van der Waals surface area (Å²) in [6, 6.07) is 18.2. The number of nitrogen functional groups attached to an aromatic ring is 1. The number of aromatic amines is 1. The number of fused-ring (bicyclic) bond motifs is 2. The number of aromatic hydroxyl groups is 1. The molecule has 4 N–H and O–H groups in total. The molecule has 0 fully saturated rings. The van der Waals surface area contributed by atoms with E-state index in [0.29, 0.717) is 24.5 Å². The standard InChI is InChI=1S/C26H23N5O2/c1-16-12-20-13-18(4-7-23(20)30-24(16)27)26(33)31(14-17-2-5-21(32)6-3-17)15-19-8-10-28-25-22(19)9-11-29-25/h2-13,32H,14-15H2,1H3,(H2,27,30)(H,28,29). The fourth-order valence-electron chi connectivity index (χ4n) is 4.00. The van der Waals surface area contributed by atoms with Crippen molar-refractivity contribution in [2.45, 2.75) is 20.0 Å². The lowest BCUT2D eigenvalue weighted by molar-refractivity contribution is 0.0731. The Morgan fingerprint density at radius 1 is 1.06 bits per heavy atom. The summed E-state index contributed by atoms with van der Waals surface area (Å²) >= 11 is 0. The normalized spacial score (nSPS) is 11.2. The number of carbonyl (C=O) groups excluding carboxylic acids is 1. The van der Waals surface area contributed by atoms with Gasteiger partial charge in [0.15, 0.2) is 0 Å². The molecule has 1 amide bonds. The van der Waals surface area contributed by atoms with Gasteiger partial charge in [0.05, 0.1) is 5.52 Å². The Bertz CT molecular complexity index is 1470. The van der Waals surface area contributed by atoms with Crippen LogP contribution in [0.5, 0.6) is 5.75 Å². The fraction of sp³-hybridized carbons (Fsp3) is 0.115. The van der Waals surface area contributed by atoms with Crippen LogP contribution < -0.4 is 5.73 Å². The Hall–Kier alpha value is -4.39. The quantitative estimate of drug-likeness (QED) is 0.374. The van der Waals surface area contributed by atoms with Crippen molar-refractivity contribution in [3.8, 4) is 5.75 Å². The third-order valence-corrected chi connectivity index (χ3v) is 5.80. The van der Waals surface area contributed by atoms with Gasteiger partial charge in [0.2, 0.25) is 0 Å². The summed E-state index contributed by atoms with van der Waals surface area (Å²) in [6.07, 6.45) is 3.59. The van der Waals surface area contributed by atoms with Crippen molar-refractivity contribution >= 4 is 33.7 Å². The molecule has 0 radical (unpaired) electrons. The Morgan fingerprint density at radius 3 is 2.70 bits per heavy atom. The van der Waals surface area contributed by atoms with Gasteiger partial charge >= 0.3 is 0 Å². The number of aromatic nitrogens is 3. The van der Waals surface area contributed by atoms with E-state index in [1.165, 1.54) is 0 Å². The van der Waals surface area contributed by atoms with Gasteiger partial charge in [-0.15, -0.1) is 0 Å². The smallest absolute Gasteiger partial charge is 0.254 e. The van der Waals surface area contributed by atoms with Gasteiger partial charge in [-0.1, -0.05) is 12.1 Å². The monoisotopic (exact) mass is 437 g/mol. The Morgan fingerprint density at radius 2 is 1.88 bits per heavy atom. The molecule has 3 heterocycles. The minimum atomic E-state index is -0.0973. The fourth-order valence-corrected chi connectivity index (χ4v) is 4.00. The van der Waals surface area contributed by atoms with Crippen LogP contribution in [0.25, 0.3) is 21.9 Å². The number of phenols is 1. The molecular weight excluding hydrogens is 414 g/mol. The lowest BCUT2D eigenvalue weighted by atomic mass is 10.1. The van der Waals surface area contributed by atoms with E-state index in [-0.39, 0.29) is 11.7 Å². The number of carbonyl (C=O) groups is 1. The largest absolute Gasteiger partial charge is 0.508 e. The van der Waals surface area contributed by atoms with Gasteiger partial charge in [0.1, 0.15) is 17.2 Å². The van der Waals surface area contributed by atoms with Crippen LogP contribution in [-0.4, -0.2) is 30.9 Å². The lowest BCUT2D eigenvalue weighted by Gasteiger charge is -2.24. The summed E-state index contributed by atoms with van der Waals surface area (Å²) in [7, 11) is 0. The molecule has 0 aliphatic rings. The number of nitrogens with one attached hydrogen (secondary N) is 1. The second-order valence-electron chi connectivity index (χ2n) is 8.14. The van der Waals surface area contributed by atoms with E-state index >= 15 is 0 Å². The maximum atomic E-state index is 13.7. The third-order valence-electron chi connectivity index (χ3n) is 5.80. The van der Waals surface area contributed by atoms with Crippen LogP contribution in [0.1, 0.15) is 27.0 Å². The number of hydrogen-bond donors (Lipinski definition) is 3. The number of rotatable bonds is 5. The second-order valence-corrected chi connectivity index (χ2v) is 8.14. The molecule has 5 rings (SSSR count). The van der Waals surface area contributed by atoms with E-state index in [1.807, 2.05) is 55.6 Å².